The lowest BCUT2D eigenvalue weighted by Gasteiger charge is -2.53. The molecule has 3 atom stereocenters. The third kappa shape index (κ3) is 4.24. The van der Waals surface area contributed by atoms with Crippen LogP contribution in [0.5, 0.6) is 0 Å². The van der Waals surface area contributed by atoms with Crippen LogP contribution in [0.1, 0.15) is 5.56 Å². The third-order valence-corrected chi connectivity index (χ3v) is 8.68. The number of fused-ring (bicyclic) bond motifs is 1. The van der Waals surface area contributed by atoms with E-state index in [1.165, 1.54) is 23.5 Å². The summed E-state index contributed by atoms with van der Waals surface area (Å²) in [5, 5.41) is 12.5. The minimum absolute atomic E-state index is 0.116. The van der Waals surface area contributed by atoms with E-state index >= 15 is 0 Å². The van der Waals surface area contributed by atoms with Crippen LogP contribution in [0.3, 0.4) is 0 Å². The van der Waals surface area contributed by atoms with Gasteiger partial charge in [0.2, 0.25) is 11.8 Å². The van der Waals surface area contributed by atoms with E-state index in [4.69, 9.17) is 0 Å². The van der Waals surface area contributed by atoms with Gasteiger partial charge in [-0.2, -0.15) is 0 Å². The molecule has 2 fully saturated rings. The predicted octanol–water partition coefficient (Wildman–Crippen LogP) is 3.01. The summed E-state index contributed by atoms with van der Waals surface area (Å²) in [5.74, 6) is -1.02. The molecule has 6 nitrogen and oxygen atoms in total. The maximum absolute atomic E-state index is 12.7. The topological polar surface area (TPSA) is 86.7 Å². The first-order valence-corrected chi connectivity index (χ1v) is 12.0. The standard InChI is InChI=1S/C21H19BrN2O4S2/c22-14-6-8-15(9-7-14)30-21(20(27)28)11-24-18(26)17(19(24)29-12-21)23-16(25)10-13-4-2-1-3-5-13/h1-9,17,19H,10-12H2,(H,23,25)(H,27,28)/t17-,19-,21?/m1/s1. The van der Waals surface area contributed by atoms with Crippen LogP contribution in [-0.4, -0.2) is 56.3 Å². The van der Waals surface area contributed by atoms with Gasteiger partial charge in [-0.1, -0.05) is 46.3 Å². The Morgan fingerprint density at radius 2 is 1.90 bits per heavy atom. The van der Waals surface area contributed by atoms with Crippen molar-refractivity contribution in [2.45, 2.75) is 27.5 Å². The van der Waals surface area contributed by atoms with Crippen LogP contribution in [0.15, 0.2) is 64.0 Å². The number of hydrogen-bond acceptors (Lipinski definition) is 5. The van der Waals surface area contributed by atoms with E-state index in [-0.39, 0.29) is 30.2 Å². The van der Waals surface area contributed by atoms with Gasteiger partial charge in [-0.3, -0.25) is 14.4 Å². The van der Waals surface area contributed by atoms with Gasteiger partial charge in [0, 0.05) is 21.7 Å². The number of β-lactam (4-membered cyclic amide) rings is 1. The molecule has 2 N–H and O–H groups in total. The quantitative estimate of drug-likeness (QED) is 0.585. The highest BCUT2D eigenvalue weighted by Gasteiger charge is 2.57. The molecule has 1 unspecified atom stereocenters. The fourth-order valence-corrected chi connectivity index (χ4v) is 6.63. The summed E-state index contributed by atoms with van der Waals surface area (Å²) in [4.78, 5) is 39.6. The van der Waals surface area contributed by atoms with Gasteiger partial charge in [0.1, 0.15) is 16.2 Å². The molecule has 0 aliphatic carbocycles. The molecule has 30 heavy (non-hydrogen) atoms. The van der Waals surface area contributed by atoms with Crippen molar-refractivity contribution in [3.8, 4) is 0 Å². The Morgan fingerprint density at radius 3 is 2.57 bits per heavy atom. The number of thioether (sulfide) groups is 2. The molecule has 2 saturated heterocycles. The number of carboxylic acids is 1. The maximum atomic E-state index is 12.7. The lowest BCUT2D eigenvalue weighted by atomic mass is 10.0. The van der Waals surface area contributed by atoms with Crippen molar-refractivity contribution in [3.63, 3.8) is 0 Å². The van der Waals surface area contributed by atoms with Crippen molar-refractivity contribution in [1.29, 1.82) is 0 Å². The molecular formula is C21H19BrN2O4S2. The second-order valence-electron chi connectivity index (χ2n) is 7.23. The molecule has 2 heterocycles. The van der Waals surface area contributed by atoms with Crippen LogP contribution in [0, 0.1) is 0 Å². The molecule has 0 aromatic heterocycles. The minimum Gasteiger partial charge on any atom is -0.480 e. The average Bonchev–Trinajstić information content (AvgIpc) is 2.74. The van der Waals surface area contributed by atoms with Gasteiger partial charge in [-0.15, -0.1) is 23.5 Å². The summed E-state index contributed by atoms with van der Waals surface area (Å²) >= 11 is 6.05. The first-order chi connectivity index (χ1) is 14.4. The lowest BCUT2D eigenvalue weighted by molar-refractivity contribution is -0.152. The summed E-state index contributed by atoms with van der Waals surface area (Å²) in [6.07, 6.45) is 0.209. The Bertz CT molecular complexity index is 973. The zero-order valence-corrected chi connectivity index (χ0v) is 19.0. The highest BCUT2D eigenvalue weighted by atomic mass is 79.9. The van der Waals surface area contributed by atoms with E-state index in [1.54, 1.807) is 4.90 Å². The van der Waals surface area contributed by atoms with E-state index in [9.17, 15) is 19.5 Å². The van der Waals surface area contributed by atoms with Gasteiger partial charge in [0.15, 0.2) is 0 Å². The molecule has 0 saturated carbocycles. The Morgan fingerprint density at radius 1 is 1.20 bits per heavy atom. The molecule has 2 amide bonds. The molecule has 0 bridgehead atoms. The van der Waals surface area contributed by atoms with Crippen LogP contribution in [0.25, 0.3) is 0 Å². The summed E-state index contributed by atoms with van der Waals surface area (Å²) in [5.41, 5.74) is 0.880. The van der Waals surface area contributed by atoms with Crippen molar-refractivity contribution < 1.29 is 19.5 Å². The molecule has 4 rings (SSSR count). The molecule has 0 spiro atoms. The average molecular weight is 507 g/mol. The Labute approximate surface area is 190 Å². The molecule has 156 valence electrons. The SMILES string of the molecule is O=C(Cc1ccccc1)N[C@@H]1C(=O)N2CC(Sc3ccc(Br)cc3)(C(=O)O)CS[C@H]12. The number of nitrogens with zero attached hydrogens (tertiary/aromatic N) is 1. The molecule has 0 radical (unpaired) electrons. The first-order valence-electron chi connectivity index (χ1n) is 9.31. The van der Waals surface area contributed by atoms with E-state index < -0.39 is 16.8 Å². The first kappa shape index (κ1) is 21.3. The largest absolute Gasteiger partial charge is 0.480 e. The number of carbonyl (C=O) groups is 3. The van der Waals surface area contributed by atoms with Crippen molar-refractivity contribution in [1.82, 2.24) is 10.2 Å². The smallest absolute Gasteiger partial charge is 0.322 e. The normalized spacial score (nSPS) is 25.2. The van der Waals surface area contributed by atoms with Crippen LogP contribution in [-0.2, 0) is 20.8 Å². The van der Waals surface area contributed by atoms with Gasteiger partial charge in [-0.25, -0.2) is 0 Å². The van der Waals surface area contributed by atoms with Crippen molar-refractivity contribution in [3.05, 3.63) is 64.6 Å². The van der Waals surface area contributed by atoms with E-state index in [0.717, 1.165) is 14.9 Å². The zero-order chi connectivity index (χ0) is 21.3. The van der Waals surface area contributed by atoms with Crippen LogP contribution >= 0.6 is 39.5 Å². The van der Waals surface area contributed by atoms with Gasteiger partial charge < -0.3 is 15.3 Å². The summed E-state index contributed by atoms with van der Waals surface area (Å²) in [7, 11) is 0. The Kier molecular flexibility index (Phi) is 6.13. The minimum atomic E-state index is -1.12. The maximum Gasteiger partial charge on any atom is 0.322 e. The van der Waals surface area contributed by atoms with Crippen molar-refractivity contribution in [2.75, 3.05) is 12.3 Å². The van der Waals surface area contributed by atoms with E-state index in [0.29, 0.717) is 5.75 Å². The van der Waals surface area contributed by atoms with Crippen LogP contribution in [0.4, 0.5) is 0 Å². The monoisotopic (exact) mass is 506 g/mol. The van der Waals surface area contributed by atoms with Crippen LogP contribution in [0.2, 0.25) is 0 Å². The molecule has 2 aliphatic rings. The number of carboxylic acid groups (broad SMARTS) is 1. The number of amides is 2. The Balaban J connectivity index is 1.41. The Hall–Kier alpha value is -1.97. The number of hydrogen-bond donors (Lipinski definition) is 2. The molecule has 2 aromatic carbocycles. The highest BCUT2D eigenvalue weighted by molar-refractivity contribution is 9.10. The molecule has 2 aliphatic heterocycles. The summed E-state index contributed by atoms with van der Waals surface area (Å²) in [6.45, 7) is 0.116. The van der Waals surface area contributed by atoms with Crippen molar-refractivity contribution in [2.24, 2.45) is 0 Å². The van der Waals surface area contributed by atoms with Gasteiger partial charge in [0.05, 0.1) is 6.42 Å². The fraction of sp³-hybridized carbons (Fsp3) is 0.286. The van der Waals surface area contributed by atoms with E-state index in [2.05, 4.69) is 21.2 Å². The van der Waals surface area contributed by atoms with E-state index in [1.807, 2.05) is 54.6 Å². The number of benzene rings is 2. The summed E-state index contributed by atoms with van der Waals surface area (Å²) in [6, 6.07) is 16.2. The number of rotatable bonds is 6. The molecular weight excluding hydrogens is 488 g/mol. The van der Waals surface area contributed by atoms with Gasteiger partial charge >= 0.3 is 5.97 Å². The highest BCUT2D eigenvalue weighted by Crippen LogP contribution is 2.46. The second-order valence-corrected chi connectivity index (χ2v) is 10.7. The number of halogens is 1. The predicted molar refractivity (Wildman–Crippen MR) is 120 cm³/mol. The lowest BCUT2D eigenvalue weighted by Crippen LogP contribution is -2.74. The van der Waals surface area contributed by atoms with Gasteiger partial charge in [0.25, 0.3) is 0 Å². The number of carbonyl (C=O) groups excluding carboxylic acids is 2. The second kappa shape index (κ2) is 8.64. The summed E-state index contributed by atoms with van der Waals surface area (Å²) < 4.78 is -0.203. The molecule has 9 heteroatoms. The van der Waals surface area contributed by atoms with Gasteiger partial charge in [-0.05, 0) is 29.8 Å². The zero-order valence-electron chi connectivity index (χ0n) is 15.8. The number of aliphatic carboxylic acids is 1. The van der Waals surface area contributed by atoms with Crippen molar-refractivity contribution >= 4 is 57.2 Å². The third-order valence-electron chi connectivity index (χ3n) is 5.10. The number of nitrogens with one attached hydrogen (secondary N) is 1. The fourth-order valence-electron chi connectivity index (χ4n) is 3.52. The molecule has 2 aromatic rings. The van der Waals surface area contributed by atoms with Crippen LogP contribution < -0.4 is 5.32 Å².